The van der Waals surface area contributed by atoms with Gasteiger partial charge in [0.1, 0.15) is 11.8 Å². The van der Waals surface area contributed by atoms with Crippen LogP contribution in [-0.2, 0) is 0 Å². The summed E-state index contributed by atoms with van der Waals surface area (Å²) in [6.07, 6.45) is 1.64. The third kappa shape index (κ3) is 2.70. The minimum absolute atomic E-state index is 0.127. The van der Waals surface area contributed by atoms with E-state index in [1.807, 2.05) is 19.1 Å². The van der Waals surface area contributed by atoms with Gasteiger partial charge in [-0.15, -0.1) is 10.2 Å². The van der Waals surface area contributed by atoms with E-state index in [2.05, 4.69) is 31.4 Å². The number of methoxy groups -OCH3 is 1. The van der Waals surface area contributed by atoms with Crippen LogP contribution < -0.4 is 10.1 Å². The summed E-state index contributed by atoms with van der Waals surface area (Å²) < 4.78 is 11.4. The van der Waals surface area contributed by atoms with Gasteiger partial charge in [0.05, 0.1) is 23.5 Å². The molecule has 0 aromatic carbocycles. The smallest absolute Gasteiger partial charge is 0.233 e. The zero-order valence-corrected chi connectivity index (χ0v) is 11.8. The summed E-state index contributed by atoms with van der Waals surface area (Å²) in [5.74, 6) is 1.28. The van der Waals surface area contributed by atoms with Crippen molar-refractivity contribution >= 4 is 15.9 Å². The Morgan fingerprint density at radius 1 is 1.39 bits per heavy atom. The first kappa shape index (κ1) is 13.0. The second-order valence-electron chi connectivity index (χ2n) is 3.62. The van der Waals surface area contributed by atoms with Crippen molar-refractivity contribution in [3.05, 3.63) is 40.4 Å². The van der Waals surface area contributed by atoms with Crippen molar-refractivity contribution in [2.45, 2.75) is 13.0 Å². The lowest BCUT2D eigenvalue weighted by Gasteiger charge is -2.15. The number of hydrogen-bond acceptors (Lipinski definition) is 5. The van der Waals surface area contributed by atoms with E-state index in [0.29, 0.717) is 5.88 Å². The van der Waals surface area contributed by atoms with Crippen LogP contribution in [0, 0.1) is 0 Å². The number of hydrogen-bond donors (Lipinski definition) is 1. The lowest BCUT2D eigenvalue weighted by atomic mass is 10.1. The summed E-state index contributed by atoms with van der Waals surface area (Å²) in [5, 5.41) is 11.4. The molecular formula is C12H14BrN3O2. The van der Waals surface area contributed by atoms with Crippen LogP contribution in [0.4, 0.5) is 0 Å². The van der Waals surface area contributed by atoms with Gasteiger partial charge >= 0.3 is 0 Å². The van der Waals surface area contributed by atoms with Gasteiger partial charge in [-0.05, 0) is 34.6 Å². The molecule has 0 radical (unpaired) electrons. The summed E-state index contributed by atoms with van der Waals surface area (Å²) >= 11 is 3.46. The van der Waals surface area contributed by atoms with Crippen LogP contribution in [-0.4, -0.2) is 23.9 Å². The average molecular weight is 312 g/mol. The molecule has 0 bridgehead atoms. The molecule has 0 saturated heterocycles. The summed E-state index contributed by atoms with van der Waals surface area (Å²) in [5.41, 5.74) is 0.785. The Hall–Kier alpha value is -1.40. The molecule has 6 heteroatoms. The fourth-order valence-corrected chi connectivity index (χ4v) is 2.07. The van der Waals surface area contributed by atoms with Gasteiger partial charge in [-0.25, -0.2) is 0 Å². The zero-order valence-electron chi connectivity index (χ0n) is 10.2. The van der Waals surface area contributed by atoms with E-state index >= 15 is 0 Å². The molecular weight excluding hydrogens is 298 g/mol. The third-order valence-corrected chi connectivity index (χ3v) is 3.14. The summed E-state index contributed by atoms with van der Waals surface area (Å²) in [4.78, 5) is 0. The Kier molecular flexibility index (Phi) is 4.33. The maximum Gasteiger partial charge on any atom is 0.233 e. The van der Waals surface area contributed by atoms with E-state index in [9.17, 15) is 0 Å². The highest BCUT2D eigenvalue weighted by atomic mass is 79.9. The van der Waals surface area contributed by atoms with Gasteiger partial charge in [-0.2, -0.15) is 0 Å². The molecule has 0 aliphatic rings. The Balaban J connectivity index is 2.32. The lowest BCUT2D eigenvalue weighted by molar-refractivity contribution is 0.388. The van der Waals surface area contributed by atoms with E-state index in [0.717, 1.165) is 22.5 Å². The van der Waals surface area contributed by atoms with Gasteiger partial charge in [0, 0.05) is 6.07 Å². The van der Waals surface area contributed by atoms with Crippen molar-refractivity contribution in [2.75, 3.05) is 13.7 Å². The molecule has 0 saturated carbocycles. The predicted molar refractivity (Wildman–Crippen MR) is 70.5 cm³/mol. The number of rotatable bonds is 5. The second-order valence-corrected chi connectivity index (χ2v) is 4.48. The number of halogens is 1. The molecule has 2 aromatic heterocycles. The monoisotopic (exact) mass is 311 g/mol. The molecule has 0 aliphatic heterocycles. The fraction of sp³-hybridized carbons (Fsp3) is 0.333. The highest BCUT2D eigenvalue weighted by Crippen LogP contribution is 2.28. The minimum Gasteiger partial charge on any atom is -0.480 e. The van der Waals surface area contributed by atoms with Crippen LogP contribution in [0.25, 0.3) is 0 Å². The van der Waals surface area contributed by atoms with Gasteiger partial charge in [-0.1, -0.05) is 6.92 Å². The highest BCUT2D eigenvalue weighted by Gasteiger charge is 2.20. The Labute approximate surface area is 114 Å². The summed E-state index contributed by atoms with van der Waals surface area (Å²) in [7, 11) is 1.56. The van der Waals surface area contributed by atoms with Gasteiger partial charge in [-0.3, -0.25) is 0 Å². The number of furan rings is 1. The molecule has 0 fully saturated rings. The van der Waals surface area contributed by atoms with Crippen LogP contribution in [0.3, 0.4) is 0 Å². The third-order valence-electron chi connectivity index (χ3n) is 2.48. The van der Waals surface area contributed by atoms with E-state index in [-0.39, 0.29) is 6.04 Å². The topological polar surface area (TPSA) is 60.2 Å². The van der Waals surface area contributed by atoms with E-state index in [1.54, 1.807) is 19.4 Å². The molecule has 2 aromatic rings. The van der Waals surface area contributed by atoms with Gasteiger partial charge in [0.25, 0.3) is 0 Å². The average Bonchev–Trinajstić information content (AvgIpc) is 2.82. The van der Waals surface area contributed by atoms with E-state index in [1.165, 1.54) is 0 Å². The number of nitrogens with one attached hydrogen (secondary N) is 1. The molecule has 1 unspecified atom stereocenters. The lowest BCUT2D eigenvalue weighted by Crippen LogP contribution is -2.23. The minimum atomic E-state index is -0.127. The van der Waals surface area contributed by atoms with Gasteiger partial charge < -0.3 is 14.5 Å². The summed E-state index contributed by atoms with van der Waals surface area (Å²) in [6.45, 7) is 2.83. The van der Waals surface area contributed by atoms with Crippen molar-refractivity contribution < 1.29 is 9.15 Å². The van der Waals surface area contributed by atoms with Crippen LogP contribution in [0.5, 0.6) is 5.88 Å². The number of aromatic nitrogens is 2. The van der Waals surface area contributed by atoms with Crippen molar-refractivity contribution in [1.29, 1.82) is 0 Å². The Morgan fingerprint density at radius 2 is 2.22 bits per heavy atom. The van der Waals surface area contributed by atoms with E-state index < -0.39 is 0 Å². The first-order chi connectivity index (χ1) is 8.76. The Morgan fingerprint density at radius 3 is 2.72 bits per heavy atom. The largest absolute Gasteiger partial charge is 0.480 e. The maximum absolute atomic E-state index is 5.48. The molecule has 5 nitrogen and oxygen atoms in total. The standard InChI is InChI=1S/C12H14BrN3O2/c1-3-14-11(12-8(13)6-7-18-12)9-4-5-10(17-2)16-15-9/h4-7,11,14H,3H2,1-2H3. The van der Waals surface area contributed by atoms with Crippen molar-refractivity contribution in [1.82, 2.24) is 15.5 Å². The zero-order chi connectivity index (χ0) is 13.0. The van der Waals surface area contributed by atoms with Crippen LogP contribution >= 0.6 is 15.9 Å². The maximum atomic E-state index is 5.48. The first-order valence-electron chi connectivity index (χ1n) is 5.60. The molecule has 2 heterocycles. The molecule has 1 N–H and O–H groups in total. The number of ether oxygens (including phenoxy) is 1. The van der Waals surface area contributed by atoms with Crippen molar-refractivity contribution in [3.63, 3.8) is 0 Å². The van der Waals surface area contributed by atoms with Crippen LogP contribution in [0.1, 0.15) is 24.4 Å². The predicted octanol–water partition coefficient (Wildman–Crippen LogP) is 2.54. The normalized spacial score (nSPS) is 12.4. The molecule has 0 spiro atoms. The van der Waals surface area contributed by atoms with Crippen molar-refractivity contribution in [2.24, 2.45) is 0 Å². The summed E-state index contributed by atoms with van der Waals surface area (Å²) in [6, 6.07) is 5.38. The molecule has 1 atom stereocenters. The Bertz CT molecular complexity index is 498. The van der Waals surface area contributed by atoms with Gasteiger partial charge in [0.2, 0.25) is 5.88 Å². The fourth-order valence-electron chi connectivity index (χ4n) is 1.64. The van der Waals surface area contributed by atoms with Crippen LogP contribution in [0.15, 0.2) is 33.4 Å². The van der Waals surface area contributed by atoms with E-state index in [4.69, 9.17) is 9.15 Å². The quantitative estimate of drug-likeness (QED) is 0.919. The number of nitrogens with zero attached hydrogens (tertiary/aromatic N) is 2. The van der Waals surface area contributed by atoms with Gasteiger partial charge in [0.15, 0.2) is 0 Å². The molecule has 0 aliphatic carbocycles. The SMILES string of the molecule is CCNC(c1ccc(OC)nn1)c1occc1Br. The molecule has 18 heavy (non-hydrogen) atoms. The van der Waals surface area contributed by atoms with Crippen molar-refractivity contribution in [3.8, 4) is 5.88 Å². The second kappa shape index (κ2) is 5.97. The molecule has 96 valence electrons. The molecule has 2 rings (SSSR count). The first-order valence-corrected chi connectivity index (χ1v) is 6.39. The van der Waals surface area contributed by atoms with Crippen LogP contribution in [0.2, 0.25) is 0 Å². The highest BCUT2D eigenvalue weighted by molar-refractivity contribution is 9.10. The molecule has 0 amide bonds.